The number of benzene rings is 1. The molecule has 3 heterocycles. The number of nitrogens with one attached hydrogen (secondary N) is 2. The average molecular weight is 363 g/mol. The lowest BCUT2D eigenvalue weighted by atomic mass is 10.1. The van der Waals surface area contributed by atoms with E-state index < -0.39 is 0 Å². The van der Waals surface area contributed by atoms with Crippen molar-refractivity contribution in [3.8, 4) is 0 Å². The molecule has 0 fully saturated rings. The lowest BCUT2D eigenvalue weighted by Gasteiger charge is -2.08. The van der Waals surface area contributed by atoms with E-state index in [0.717, 1.165) is 5.56 Å². The smallest absolute Gasteiger partial charge is 0.274 e. The number of carbonyl (C=O) groups excluding carboxylic acids is 1. The molecule has 0 spiro atoms. The van der Waals surface area contributed by atoms with Crippen molar-refractivity contribution in [2.24, 2.45) is 7.05 Å². The predicted octanol–water partition coefficient (Wildman–Crippen LogP) is 1.46. The number of aryl methyl sites for hydroxylation is 2. The lowest BCUT2D eigenvalue weighted by Crippen LogP contribution is -2.15. The van der Waals surface area contributed by atoms with E-state index in [-0.39, 0.29) is 16.9 Å². The highest BCUT2D eigenvalue weighted by Crippen LogP contribution is 2.17. The maximum absolute atomic E-state index is 12.8. The summed E-state index contributed by atoms with van der Waals surface area (Å²) in [6, 6.07) is 9.04. The van der Waals surface area contributed by atoms with E-state index in [4.69, 9.17) is 0 Å². The largest absolute Gasteiger partial charge is 0.322 e. The zero-order chi connectivity index (χ0) is 19.0. The van der Waals surface area contributed by atoms with Crippen LogP contribution in [0.4, 0.5) is 5.69 Å². The van der Waals surface area contributed by atoms with Gasteiger partial charge in [0.05, 0.1) is 17.5 Å². The Morgan fingerprint density at radius 3 is 2.74 bits per heavy atom. The minimum Gasteiger partial charge on any atom is -0.322 e. The van der Waals surface area contributed by atoms with Crippen LogP contribution in [0.5, 0.6) is 0 Å². The molecule has 1 amide bonds. The van der Waals surface area contributed by atoms with Gasteiger partial charge in [0, 0.05) is 18.4 Å². The molecule has 136 valence electrons. The Kier molecular flexibility index (Phi) is 4.03. The normalized spacial score (nSPS) is 11.0. The summed E-state index contributed by atoms with van der Waals surface area (Å²) in [4.78, 5) is 33.2. The number of hydrogen-bond acceptors (Lipinski definition) is 5. The monoisotopic (exact) mass is 363 g/mol. The first-order valence-electron chi connectivity index (χ1n) is 8.30. The van der Waals surface area contributed by atoms with Crippen LogP contribution >= 0.6 is 0 Å². The standard InChI is InChI=1S/C18H17N7O2/c1-11-7-14(15-16(21-11)24(2)23-18(15)27)17(26)22-13-5-3-12(4-6-13)8-25-10-19-9-20-25/h3-7,9-10H,8H2,1-2H3,(H,22,26)(H,23,27). The highest BCUT2D eigenvalue weighted by molar-refractivity contribution is 6.11. The number of rotatable bonds is 4. The molecule has 0 atom stereocenters. The van der Waals surface area contributed by atoms with Crippen molar-refractivity contribution in [1.29, 1.82) is 0 Å². The molecule has 3 aromatic heterocycles. The molecule has 0 aliphatic rings. The third kappa shape index (κ3) is 3.22. The summed E-state index contributed by atoms with van der Waals surface area (Å²) < 4.78 is 3.23. The van der Waals surface area contributed by atoms with E-state index >= 15 is 0 Å². The van der Waals surface area contributed by atoms with Crippen LogP contribution in [0.1, 0.15) is 21.6 Å². The topological polar surface area (TPSA) is 110 Å². The van der Waals surface area contributed by atoms with Crippen molar-refractivity contribution in [3.63, 3.8) is 0 Å². The molecule has 9 nitrogen and oxygen atoms in total. The third-order valence-electron chi connectivity index (χ3n) is 4.21. The molecular formula is C18H17N7O2. The molecule has 4 aromatic rings. The molecule has 4 rings (SSSR count). The summed E-state index contributed by atoms with van der Waals surface area (Å²) in [6.45, 7) is 2.38. The van der Waals surface area contributed by atoms with E-state index in [0.29, 0.717) is 29.1 Å². The van der Waals surface area contributed by atoms with Crippen LogP contribution in [0.3, 0.4) is 0 Å². The maximum Gasteiger partial charge on any atom is 0.274 e. The van der Waals surface area contributed by atoms with Gasteiger partial charge in [0.2, 0.25) is 0 Å². The molecule has 1 aromatic carbocycles. The number of fused-ring (bicyclic) bond motifs is 1. The number of hydrogen-bond donors (Lipinski definition) is 2. The number of carbonyl (C=O) groups is 1. The number of H-pyrrole nitrogens is 1. The predicted molar refractivity (Wildman–Crippen MR) is 99.6 cm³/mol. The minimum atomic E-state index is -0.355. The van der Waals surface area contributed by atoms with Crippen molar-refractivity contribution in [1.82, 2.24) is 29.5 Å². The van der Waals surface area contributed by atoms with Crippen molar-refractivity contribution < 1.29 is 4.79 Å². The molecule has 2 N–H and O–H groups in total. The van der Waals surface area contributed by atoms with Gasteiger partial charge in [0.25, 0.3) is 11.5 Å². The molecule has 0 radical (unpaired) electrons. The quantitative estimate of drug-likeness (QED) is 0.570. The summed E-state index contributed by atoms with van der Waals surface area (Å²) in [5, 5.41) is 9.82. The molecule has 0 bridgehead atoms. The molecule has 0 aliphatic heterocycles. The number of aromatic nitrogens is 6. The second-order valence-corrected chi connectivity index (χ2v) is 6.25. The molecule has 27 heavy (non-hydrogen) atoms. The van der Waals surface area contributed by atoms with E-state index in [9.17, 15) is 9.59 Å². The summed E-state index contributed by atoms with van der Waals surface area (Å²) in [7, 11) is 1.69. The second-order valence-electron chi connectivity index (χ2n) is 6.25. The molecular weight excluding hydrogens is 346 g/mol. The fourth-order valence-electron chi connectivity index (χ4n) is 2.96. The van der Waals surface area contributed by atoms with Gasteiger partial charge in [-0.2, -0.15) is 5.10 Å². The van der Waals surface area contributed by atoms with Gasteiger partial charge in [0.1, 0.15) is 12.7 Å². The van der Waals surface area contributed by atoms with Crippen molar-refractivity contribution >= 4 is 22.6 Å². The van der Waals surface area contributed by atoms with Gasteiger partial charge in [-0.3, -0.25) is 19.4 Å². The van der Waals surface area contributed by atoms with E-state index in [2.05, 4.69) is 25.5 Å². The fraction of sp³-hybridized carbons (Fsp3) is 0.167. The van der Waals surface area contributed by atoms with Crippen molar-refractivity contribution in [2.45, 2.75) is 13.5 Å². The number of amides is 1. The second kappa shape index (κ2) is 6.52. The van der Waals surface area contributed by atoms with Crippen molar-refractivity contribution in [3.05, 3.63) is 70.2 Å². The molecule has 0 aliphatic carbocycles. The van der Waals surface area contributed by atoms with Crippen LogP contribution in [0.25, 0.3) is 11.0 Å². The Morgan fingerprint density at radius 2 is 2.04 bits per heavy atom. The van der Waals surface area contributed by atoms with E-state index in [1.165, 1.54) is 11.0 Å². The van der Waals surface area contributed by atoms with E-state index in [1.807, 2.05) is 24.3 Å². The Bertz CT molecular complexity index is 1170. The van der Waals surface area contributed by atoms with Crippen LogP contribution < -0.4 is 10.9 Å². The average Bonchev–Trinajstić information content (AvgIpc) is 3.24. The number of nitrogens with zero attached hydrogens (tertiary/aromatic N) is 5. The molecule has 9 heteroatoms. The van der Waals surface area contributed by atoms with Crippen LogP contribution in [0, 0.1) is 6.92 Å². The summed E-state index contributed by atoms with van der Waals surface area (Å²) >= 11 is 0. The first-order chi connectivity index (χ1) is 13.0. The third-order valence-corrected chi connectivity index (χ3v) is 4.21. The van der Waals surface area contributed by atoms with E-state index in [1.54, 1.807) is 31.0 Å². The Morgan fingerprint density at radius 1 is 1.26 bits per heavy atom. The number of anilines is 1. The Hall–Kier alpha value is -3.75. The Balaban J connectivity index is 1.59. The summed E-state index contributed by atoms with van der Waals surface area (Å²) in [5.74, 6) is -0.355. The van der Waals surface area contributed by atoms with Crippen LogP contribution in [0.2, 0.25) is 0 Å². The minimum absolute atomic E-state index is 0.281. The number of aromatic amines is 1. The number of pyridine rings is 1. The first kappa shape index (κ1) is 16.7. The lowest BCUT2D eigenvalue weighted by molar-refractivity contribution is 0.102. The SMILES string of the molecule is Cc1cc(C(=O)Nc2ccc(Cn3cncn3)cc2)c2c(=O)[nH]n(C)c2n1. The zero-order valence-electron chi connectivity index (χ0n) is 14.8. The Labute approximate surface area is 153 Å². The summed E-state index contributed by atoms with van der Waals surface area (Å²) in [5.41, 5.74) is 2.73. The van der Waals surface area contributed by atoms with Gasteiger partial charge in [-0.05, 0) is 30.7 Å². The van der Waals surface area contributed by atoms with Gasteiger partial charge in [-0.15, -0.1) is 0 Å². The molecule has 0 saturated heterocycles. The van der Waals surface area contributed by atoms with Gasteiger partial charge >= 0.3 is 0 Å². The fourth-order valence-corrected chi connectivity index (χ4v) is 2.96. The molecule has 0 saturated carbocycles. The summed E-state index contributed by atoms with van der Waals surface area (Å²) in [6.07, 6.45) is 3.13. The van der Waals surface area contributed by atoms with Crippen LogP contribution in [0.15, 0.2) is 47.8 Å². The van der Waals surface area contributed by atoms with Gasteiger partial charge in [-0.25, -0.2) is 14.6 Å². The highest BCUT2D eigenvalue weighted by atomic mass is 16.2. The highest BCUT2D eigenvalue weighted by Gasteiger charge is 2.17. The van der Waals surface area contributed by atoms with Crippen LogP contribution in [-0.4, -0.2) is 35.4 Å². The maximum atomic E-state index is 12.8. The van der Waals surface area contributed by atoms with Gasteiger partial charge < -0.3 is 5.32 Å². The van der Waals surface area contributed by atoms with Crippen molar-refractivity contribution in [2.75, 3.05) is 5.32 Å². The van der Waals surface area contributed by atoms with Crippen LogP contribution in [-0.2, 0) is 13.6 Å². The zero-order valence-corrected chi connectivity index (χ0v) is 14.8. The first-order valence-corrected chi connectivity index (χ1v) is 8.30. The van der Waals surface area contributed by atoms with Gasteiger partial charge in [0.15, 0.2) is 5.65 Å². The van der Waals surface area contributed by atoms with Gasteiger partial charge in [-0.1, -0.05) is 12.1 Å². The molecule has 0 unspecified atom stereocenters.